The smallest absolute Gasteiger partial charge is 0.286 e. The third kappa shape index (κ3) is 4.21. The highest BCUT2D eigenvalue weighted by Gasteiger charge is 2.27. The average molecular weight is 394 g/mol. The fourth-order valence-corrected chi connectivity index (χ4v) is 3.79. The molecule has 0 saturated carbocycles. The predicted octanol–water partition coefficient (Wildman–Crippen LogP) is 3.46. The molecule has 8 nitrogen and oxygen atoms in total. The van der Waals surface area contributed by atoms with Crippen LogP contribution in [0.15, 0.2) is 54.9 Å². The number of anilines is 1. The number of pyridine rings is 2. The van der Waals surface area contributed by atoms with E-state index in [0.29, 0.717) is 36.2 Å². The molecule has 0 spiro atoms. The molecule has 1 saturated heterocycles. The van der Waals surface area contributed by atoms with Crippen LogP contribution >= 0.6 is 0 Å². The Labute approximate surface area is 168 Å². The monoisotopic (exact) mass is 394 g/mol. The Kier molecular flexibility index (Phi) is 5.41. The van der Waals surface area contributed by atoms with E-state index in [1.54, 1.807) is 6.20 Å². The summed E-state index contributed by atoms with van der Waals surface area (Å²) < 4.78 is 6.71. The predicted molar refractivity (Wildman–Crippen MR) is 109 cm³/mol. The summed E-state index contributed by atoms with van der Waals surface area (Å²) in [5, 5.41) is 24.0. The van der Waals surface area contributed by atoms with Gasteiger partial charge in [0.15, 0.2) is 0 Å². The van der Waals surface area contributed by atoms with Crippen molar-refractivity contribution in [3.8, 4) is 5.75 Å². The number of benzene rings is 1. The van der Waals surface area contributed by atoms with Crippen molar-refractivity contribution in [3.05, 3.63) is 70.2 Å². The number of fused-ring (bicyclic) bond motifs is 1. The normalized spacial score (nSPS) is 14.8. The maximum Gasteiger partial charge on any atom is 0.286 e. The standard InChI is InChI=1S/C21H22N4O4/c26-24-13-8-17(25(27)28)15-21(24)23-11-6-16(7-12-23)9-14-29-20-5-10-22-19-4-2-1-3-18(19)20/h1-5,8,10,13,15-16H,6-7,9,11-12,14H2. The molecule has 4 rings (SSSR count). The van der Waals surface area contributed by atoms with Crippen LogP contribution in [0.5, 0.6) is 5.75 Å². The van der Waals surface area contributed by atoms with Gasteiger partial charge in [-0.1, -0.05) is 12.1 Å². The highest BCUT2D eigenvalue weighted by Crippen LogP contribution is 2.27. The molecule has 150 valence electrons. The first-order chi connectivity index (χ1) is 14.1. The second-order valence-electron chi connectivity index (χ2n) is 7.22. The molecule has 2 aromatic heterocycles. The number of nitro groups is 1. The Morgan fingerprint density at radius 2 is 2.00 bits per heavy atom. The van der Waals surface area contributed by atoms with Crippen molar-refractivity contribution in [1.82, 2.24) is 4.98 Å². The van der Waals surface area contributed by atoms with Gasteiger partial charge in [0.25, 0.3) is 11.5 Å². The molecule has 0 unspecified atom stereocenters. The Balaban J connectivity index is 1.31. The van der Waals surface area contributed by atoms with Gasteiger partial charge in [0.1, 0.15) is 18.0 Å². The summed E-state index contributed by atoms with van der Waals surface area (Å²) in [5.41, 5.74) is 0.855. The van der Waals surface area contributed by atoms with E-state index in [1.807, 2.05) is 35.2 Å². The van der Waals surface area contributed by atoms with Crippen molar-refractivity contribution >= 4 is 22.4 Å². The SMILES string of the molecule is O=[N+]([O-])c1cc[n+]([O-])c(N2CCC(CCOc3ccnc4ccccc34)CC2)c1. The lowest BCUT2D eigenvalue weighted by atomic mass is 9.94. The number of aromatic nitrogens is 2. The number of ether oxygens (including phenoxy) is 1. The molecule has 0 atom stereocenters. The number of rotatable bonds is 6. The van der Waals surface area contributed by atoms with Crippen LogP contribution in [-0.4, -0.2) is 29.6 Å². The van der Waals surface area contributed by atoms with Crippen LogP contribution < -0.4 is 14.4 Å². The van der Waals surface area contributed by atoms with Crippen molar-refractivity contribution in [2.24, 2.45) is 5.92 Å². The van der Waals surface area contributed by atoms with Gasteiger partial charge in [-0.2, -0.15) is 0 Å². The zero-order chi connectivity index (χ0) is 20.2. The molecule has 0 bridgehead atoms. The van der Waals surface area contributed by atoms with Gasteiger partial charge in [0.05, 0.1) is 36.2 Å². The summed E-state index contributed by atoms with van der Waals surface area (Å²) in [6, 6.07) is 12.4. The second kappa shape index (κ2) is 8.30. The van der Waals surface area contributed by atoms with Crippen LogP contribution in [0.4, 0.5) is 11.5 Å². The van der Waals surface area contributed by atoms with Gasteiger partial charge in [-0.25, -0.2) is 4.73 Å². The number of hydrogen-bond donors (Lipinski definition) is 0. The molecule has 0 aliphatic carbocycles. The zero-order valence-electron chi connectivity index (χ0n) is 15.9. The number of nitrogens with zero attached hydrogens (tertiary/aromatic N) is 4. The first-order valence-corrected chi connectivity index (χ1v) is 9.71. The number of hydrogen-bond acceptors (Lipinski definition) is 6. The van der Waals surface area contributed by atoms with Gasteiger partial charge >= 0.3 is 0 Å². The maximum atomic E-state index is 12.0. The van der Waals surface area contributed by atoms with Gasteiger partial charge in [0.2, 0.25) is 0 Å². The molecule has 29 heavy (non-hydrogen) atoms. The maximum absolute atomic E-state index is 12.0. The van der Waals surface area contributed by atoms with E-state index in [-0.39, 0.29) is 5.69 Å². The van der Waals surface area contributed by atoms with Gasteiger partial charge in [-0.15, -0.1) is 0 Å². The van der Waals surface area contributed by atoms with Crippen molar-refractivity contribution in [1.29, 1.82) is 0 Å². The minimum absolute atomic E-state index is 0.0628. The Hall–Kier alpha value is -3.42. The van der Waals surface area contributed by atoms with Crippen LogP contribution in [0.3, 0.4) is 0 Å². The topological polar surface area (TPSA) is 95.4 Å². The second-order valence-corrected chi connectivity index (χ2v) is 7.22. The van der Waals surface area contributed by atoms with Gasteiger partial charge in [0, 0.05) is 11.6 Å². The summed E-state index contributed by atoms with van der Waals surface area (Å²) in [6.45, 7) is 2.02. The van der Waals surface area contributed by atoms with E-state index < -0.39 is 4.92 Å². The Morgan fingerprint density at radius 3 is 2.79 bits per heavy atom. The molecule has 0 N–H and O–H groups in total. The van der Waals surface area contributed by atoms with Crippen LogP contribution in [-0.2, 0) is 0 Å². The van der Waals surface area contributed by atoms with Crippen molar-refractivity contribution < 1.29 is 14.4 Å². The van der Waals surface area contributed by atoms with E-state index in [1.165, 1.54) is 18.3 Å². The molecule has 1 fully saturated rings. The highest BCUT2D eigenvalue weighted by atomic mass is 16.6. The molecule has 1 aliphatic rings. The van der Waals surface area contributed by atoms with Crippen LogP contribution in [0.2, 0.25) is 0 Å². The quantitative estimate of drug-likeness (QED) is 0.275. The number of piperidine rings is 1. The molecular weight excluding hydrogens is 372 g/mol. The fourth-order valence-electron chi connectivity index (χ4n) is 3.79. The average Bonchev–Trinajstić information content (AvgIpc) is 2.75. The van der Waals surface area contributed by atoms with Crippen LogP contribution in [0, 0.1) is 21.2 Å². The van der Waals surface area contributed by atoms with Crippen LogP contribution in [0.25, 0.3) is 10.9 Å². The lowest BCUT2D eigenvalue weighted by Crippen LogP contribution is -2.42. The lowest BCUT2D eigenvalue weighted by Gasteiger charge is -2.29. The molecule has 0 amide bonds. The van der Waals surface area contributed by atoms with E-state index in [9.17, 15) is 15.3 Å². The lowest BCUT2D eigenvalue weighted by molar-refractivity contribution is -0.593. The first kappa shape index (κ1) is 18.9. The summed E-state index contributed by atoms with van der Waals surface area (Å²) in [5.74, 6) is 1.69. The largest absolute Gasteiger partial charge is 0.711 e. The summed E-state index contributed by atoms with van der Waals surface area (Å²) >= 11 is 0. The molecule has 3 aromatic rings. The Morgan fingerprint density at radius 1 is 1.21 bits per heavy atom. The molecule has 0 radical (unpaired) electrons. The van der Waals surface area contributed by atoms with Gasteiger partial charge in [-0.05, 0) is 43.4 Å². The first-order valence-electron chi connectivity index (χ1n) is 9.71. The minimum atomic E-state index is -0.476. The number of para-hydroxylation sites is 1. The third-order valence-corrected chi connectivity index (χ3v) is 5.43. The van der Waals surface area contributed by atoms with Crippen molar-refractivity contribution in [3.63, 3.8) is 0 Å². The van der Waals surface area contributed by atoms with Gasteiger partial charge < -0.3 is 9.94 Å². The fraction of sp³-hybridized carbons (Fsp3) is 0.333. The molecule has 3 heterocycles. The summed E-state index contributed by atoms with van der Waals surface area (Å²) in [4.78, 5) is 16.8. The molecule has 8 heteroatoms. The van der Waals surface area contributed by atoms with Gasteiger partial charge in [-0.3, -0.25) is 20.0 Å². The summed E-state index contributed by atoms with van der Waals surface area (Å²) in [6.07, 6.45) is 5.73. The van der Waals surface area contributed by atoms with E-state index >= 15 is 0 Å². The summed E-state index contributed by atoms with van der Waals surface area (Å²) in [7, 11) is 0. The zero-order valence-corrected chi connectivity index (χ0v) is 15.9. The third-order valence-electron chi connectivity index (χ3n) is 5.43. The van der Waals surface area contributed by atoms with Crippen molar-refractivity contribution in [2.75, 3.05) is 24.6 Å². The van der Waals surface area contributed by atoms with Crippen LogP contribution in [0.1, 0.15) is 19.3 Å². The highest BCUT2D eigenvalue weighted by molar-refractivity contribution is 5.84. The molecular formula is C21H22N4O4. The molecule has 1 aliphatic heterocycles. The van der Waals surface area contributed by atoms with Crippen molar-refractivity contribution in [2.45, 2.75) is 19.3 Å². The minimum Gasteiger partial charge on any atom is -0.711 e. The van der Waals surface area contributed by atoms with E-state index in [2.05, 4.69) is 4.98 Å². The van der Waals surface area contributed by atoms with E-state index in [0.717, 1.165) is 35.9 Å². The molecule has 1 aromatic carbocycles. The van der Waals surface area contributed by atoms with E-state index in [4.69, 9.17) is 4.74 Å². The Bertz CT molecular complexity index is 1010.